The Balaban J connectivity index is 1.50. The Morgan fingerprint density at radius 2 is 2.25 bits per heavy atom. The van der Waals surface area contributed by atoms with Crippen LogP contribution in [0.5, 0.6) is 5.75 Å². The lowest BCUT2D eigenvalue weighted by molar-refractivity contribution is -0.132. The summed E-state index contributed by atoms with van der Waals surface area (Å²) in [5, 5.41) is 7.05. The maximum absolute atomic E-state index is 12.5. The molecule has 1 unspecified atom stereocenters. The number of benzene rings is 1. The Hall–Kier alpha value is -2.30. The second kappa shape index (κ2) is 7.51. The number of aromatic nitrogens is 2. The van der Waals surface area contributed by atoms with Crippen LogP contribution in [0.2, 0.25) is 0 Å². The van der Waals surface area contributed by atoms with E-state index in [0.29, 0.717) is 18.9 Å². The van der Waals surface area contributed by atoms with Crippen molar-refractivity contribution >= 4 is 5.91 Å². The van der Waals surface area contributed by atoms with Crippen LogP contribution in [-0.4, -0.2) is 40.7 Å². The standard InChI is InChI=1S/C19H25N3O2/c1-14-5-3-7-18(15(14)2)24-12-9-19(23)22-11-4-6-16(13-22)17-8-10-20-21-17/h3,5,7-8,10,16H,4,6,9,11-13H2,1-2H3,(H,20,21). The summed E-state index contributed by atoms with van der Waals surface area (Å²) in [5.41, 5.74) is 3.47. The number of piperidine rings is 1. The van der Waals surface area contributed by atoms with Gasteiger partial charge in [-0.25, -0.2) is 0 Å². The van der Waals surface area contributed by atoms with Gasteiger partial charge in [-0.15, -0.1) is 0 Å². The fourth-order valence-electron chi connectivity index (χ4n) is 3.24. The third-order valence-corrected chi connectivity index (χ3v) is 4.86. The van der Waals surface area contributed by atoms with Gasteiger partial charge in [-0.05, 0) is 49.9 Å². The van der Waals surface area contributed by atoms with E-state index in [9.17, 15) is 4.79 Å². The summed E-state index contributed by atoms with van der Waals surface area (Å²) >= 11 is 0. The molecular weight excluding hydrogens is 302 g/mol. The Kier molecular flexibility index (Phi) is 5.18. The molecule has 0 saturated carbocycles. The minimum absolute atomic E-state index is 0.171. The van der Waals surface area contributed by atoms with E-state index in [0.717, 1.165) is 42.9 Å². The number of aromatic amines is 1. The van der Waals surface area contributed by atoms with Gasteiger partial charge in [-0.1, -0.05) is 12.1 Å². The molecule has 1 saturated heterocycles. The summed E-state index contributed by atoms with van der Waals surface area (Å²) in [6, 6.07) is 8.01. The van der Waals surface area contributed by atoms with Gasteiger partial charge in [0.25, 0.3) is 0 Å². The topological polar surface area (TPSA) is 58.2 Å². The minimum Gasteiger partial charge on any atom is -0.493 e. The summed E-state index contributed by atoms with van der Waals surface area (Å²) in [4.78, 5) is 14.4. The van der Waals surface area contributed by atoms with Crippen molar-refractivity contribution in [3.05, 3.63) is 47.3 Å². The number of likely N-dealkylation sites (tertiary alicyclic amines) is 1. The van der Waals surface area contributed by atoms with Crippen LogP contribution in [-0.2, 0) is 4.79 Å². The molecule has 0 aliphatic carbocycles. The molecule has 0 spiro atoms. The van der Waals surface area contributed by atoms with Crippen molar-refractivity contribution in [2.45, 2.75) is 39.0 Å². The first-order valence-electron chi connectivity index (χ1n) is 8.61. The molecule has 0 bridgehead atoms. The number of H-pyrrole nitrogens is 1. The number of rotatable bonds is 5. The average molecular weight is 327 g/mol. The van der Waals surface area contributed by atoms with Crippen molar-refractivity contribution in [3.63, 3.8) is 0 Å². The fraction of sp³-hybridized carbons (Fsp3) is 0.474. The summed E-state index contributed by atoms with van der Waals surface area (Å²) in [6.45, 7) is 6.15. The van der Waals surface area contributed by atoms with Crippen LogP contribution in [0.15, 0.2) is 30.5 Å². The van der Waals surface area contributed by atoms with E-state index in [-0.39, 0.29) is 5.91 Å². The Bertz CT molecular complexity index is 682. The van der Waals surface area contributed by atoms with Crippen LogP contribution in [0.4, 0.5) is 0 Å². The van der Waals surface area contributed by atoms with Crippen LogP contribution < -0.4 is 4.74 Å². The summed E-state index contributed by atoms with van der Waals surface area (Å²) in [6.07, 6.45) is 4.33. The number of ether oxygens (including phenoxy) is 1. The first-order chi connectivity index (χ1) is 11.6. The number of carbonyl (C=O) groups is 1. The molecule has 128 valence electrons. The van der Waals surface area contributed by atoms with Gasteiger partial charge in [0, 0.05) is 30.9 Å². The van der Waals surface area contributed by atoms with Crippen LogP contribution in [0.3, 0.4) is 0 Å². The van der Waals surface area contributed by atoms with E-state index in [1.165, 1.54) is 5.56 Å². The van der Waals surface area contributed by atoms with Gasteiger partial charge in [-0.2, -0.15) is 5.10 Å². The van der Waals surface area contributed by atoms with Crippen molar-refractivity contribution < 1.29 is 9.53 Å². The van der Waals surface area contributed by atoms with Gasteiger partial charge in [0.05, 0.1) is 13.0 Å². The lowest BCUT2D eigenvalue weighted by Gasteiger charge is -2.32. The van der Waals surface area contributed by atoms with Crippen LogP contribution >= 0.6 is 0 Å². The number of amides is 1. The lowest BCUT2D eigenvalue weighted by Crippen LogP contribution is -2.39. The molecule has 3 rings (SSSR count). The molecule has 1 fully saturated rings. The third-order valence-electron chi connectivity index (χ3n) is 4.86. The molecule has 1 N–H and O–H groups in total. The zero-order chi connectivity index (χ0) is 16.9. The quantitative estimate of drug-likeness (QED) is 0.917. The van der Waals surface area contributed by atoms with Crippen molar-refractivity contribution in [3.8, 4) is 5.75 Å². The van der Waals surface area contributed by atoms with Crippen molar-refractivity contribution in [1.82, 2.24) is 15.1 Å². The Morgan fingerprint density at radius 1 is 1.38 bits per heavy atom. The number of aryl methyl sites for hydroxylation is 1. The van der Waals surface area contributed by atoms with E-state index < -0.39 is 0 Å². The molecule has 5 nitrogen and oxygen atoms in total. The highest BCUT2D eigenvalue weighted by Gasteiger charge is 2.25. The second-order valence-corrected chi connectivity index (χ2v) is 6.49. The van der Waals surface area contributed by atoms with E-state index in [1.54, 1.807) is 6.20 Å². The number of hydrogen-bond donors (Lipinski definition) is 1. The van der Waals surface area contributed by atoms with E-state index in [4.69, 9.17) is 4.74 Å². The van der Waals surface area contributed by atoms with Gasteiger partial charge in [0.15, 0.2) is 0 Å². The van der Waals surface area contributed by atoms with E-state index >= 15 is 0 Å². The highest BCUT2D eigenvalue weighted by atomic mass is 16.5. The maximum atomic E-state index is 12.5. The van der Waals surface area contributed by atoms with Crippen molar-refractivity contribution in [2.24, 2.45) is 0 Å². The monoisotopic (exact) mass is 327 g/mol. The van der Waals surface area contributed by atoms with Crippen LogP contribution in [0.1, 0.15) is 42.0 Å². The molecule has 2 aromatic rings. The number of hydrogen-bond acceptors (Lipinski definition) is 3. The predicted octanol–water partition coefficient (Wildman–Crippen LogP) is 3.20. The first kappa shape index (κ1) is 16.6. The van der Waals surface area contributed by atoms with Crippen molar-refractivity contribution in [2.75, 3.05) is 19.7 Å². The van der Waals surface area contributed by atoms with E-state index in [1.807, 2.05) is 30.0 Å². The van der Waals surface area contributed by atoms with Gasteiger partial charge in [0.2, 0.25) is 5.91 Å². The predicted molar refractivity (Wildman–Crippen MR) is 93.2 cm³/mol. The normalized spacial score (nSPS) is 17.8. The highest BCUT2D eigenvalue weighted by Crippen LogP contribution is 2.26. The highest BCUT2D eigenvalue weighted by molar-refractivity contribution is 5.76. The summed E-state index contributed by atoms with van der Waals surface area (Å²) in [7, 11) is 0. The molecule has 1 aliphatic rings. The van der Waals surface area contributed by atoms with Crippen LogP contribution in [0, 0.1) is 13.8 Å². The molecule has 1 amide bonds. The third kappa shape index (κ3) is 3.78. The summed E-state index contributed by atoms with van der Waals surface area (Å²) < 4.78 is 5.81. The molecule has 1 aromatic heterocycles. The SMILES string of the molecule is Cc1cccc(OCCC(=O)N2CCCC(c3ccn[nH]3)C2)c1C. The Labute approximate surface area is 143 Å². The Morgan fingerprint density at radius 3 is 3.04 bits per heavy atom. The molecule has 2 heterocycles. The molecule has 1 aliphatic heterocycles. The van der Waals surface area contributed by atoms with Crippen LogP contribution in [0.25, 0.3) is 0 Å². The molecule has 24 heavy (non-hydrogen) atoms. The van der Waals surface area contributed by atoms with Gasteiger partial charge in [0.1, 0.15) is 5.75 Å². The van der Waals surface area contributed by atoms with E-state index in [2.05, 4.69) is 23.2 Å². The zero-order valence-electron chi connectivity index (χ0n) is 14.4. The average Bonchev–Trinajstić information content (AvgIpc) is 3.13. The zero-order valence-corrected chi connectivity index (χ0v) is 14.4. The van der Waals surface area contributed by atoms with Gasteiger partial charge < -0.3 is 9.64 Å². The number of nitrogens with one attached hydrogen (secondary N) is 1. The second-order valence-electron chi connectivity index (χ2n) is 6.49. The number of nitrogens with zero attached hydrogens (tertiary/aromatic N) is 2. The largest absolute Gasteiger partial charge is 0.493 e. The minimum atomic E-state index is 0.171. The van der Waals surface area contributed by atoms with Gasteiger partial charge in [-0.3, -0.25) is 9.89 Å². The van der Waals surface area contributed by atoms with Gasteiger partial charge >= 0.3 is 0 Å². The molecule has 5 heteroatoms. The first-order valence-corrected chi connectivity index (χ1v) is 8.61. The molecule has 0 radical (unpaired) electrons. The number of carbonyl (C=O) groups excluding carboxylic acids is 1. The molecule has 1 atom stereocenters. The van der Waals surface area contributed by atoms with Crippen molar-refractivity contribution in [1.29, 1.82) is 0 Å². The smallest absolute Gasteiger partial charge is 0.226 e. The molecular formula is C19H25N3O2. The fourth-order valence-corrected chi connectivity index (χ4v) is 3.24. The molecule has 1 aromatic carbocycles. The summed E-state index contributed by atoms with van der Waals surface area (Å²) in [5.74, 6) is 1.41. The maximum Gasteiger partial charge on any atom is 0.226 e. The lowest BCUT2D eigenvalue weighted by atomic mass is 9.95.